The van der Waals surface area contributed by atoms with Crippen molar-refractivity contribution in [2.45, 2.75) is 18.6 Å². The summed E-state index contributed by atoms with van der Waals surface area (Å²) in [7, 11) is 0. The summed E-state index contributed by atoms with van der Waals surface area (Å²) in [5.74, 6) is 0.291. The van der Waals surface area contributed by atoms with Gasteiger partial charge >= 0.3 is 12.2 Å². The molecule has 166 valence electrons. The van der Waals surface area contributed by atoms with E-state index in [0.717, 1.165) is 16.3 Å². The van der Waals surface area contributed by atoms with E-state index in [-0.39, 0.29) is 6.01 Å². The molecular formula is C21H15F3N8O. The first-order chi connectivity index (χ1) is 16.0. The zero-order valence-corrected chi connectivity index (χ0v) is 16.9. The van der Waals surface area contributed by atoms with Crippen LogP contribution >= 0.6 is 0 Å². The van der Waals surface area contributed by atoms with Crippen LogP contribution in [0.2, 0.25) is 0 Å². The number of nitrogens with zero attached hydrogens (tertiary/aromatic N) is 7. The van der Waals surface area contributed by atoms with E-state index in [1.165, 1.54) is 6.07 Å². The minimum atomic E-state index is -4.54. The lowest BCUT2D eigenvalue weighted by atomic mass is 10.0. The van der Waals surface area contributed by atoms with Gasteiger partial charge in [0, 0.05) is 31.1 Å². The number of pyridine rings is 2. The van der Waals surface area contributed by atoms with Crippen molar-refractivity contribution in [2.75, 3.05) is 11.4 Å². The summed E-state index contributed by atoms with van der Waals surface area (Å²) in [6.45, 7) is 0.481. The average Bonchev–Trinajstić information content (AvgIpc) is 3.56. The van der Waals surface area contributed by atoms with Gasteiger partial charge in [-0.25, -0.2) is 9.50 Å². The number of alkyl halides is 3. The number of anilines is 1. The van der Waals surface area contributed by atoms with Gasteiger partial charge in [0.2, 0.25) is 0 Å². The van der Waals surface area contributed by atoms with Gasteiger partial charge in [-0.2, -0.15) is 18.3 Å². The highest BCUT2D eigenvalue weighted by Crippen LogP contribution is 2.38. The van der Waals surface area contributed by atoms with Gasteiger partial charge in [-0.3, -0.25) is 4.98 Å². The standard InChI is InChI=1S/C21H15F3N8O/c22-21(23,24)16-5-1-4-13-9-15(30-32(13)16)18-17-14(26-11-27-17)6-8-31(18)20-29-28-19(33-20)12-3-2-7-25-10-12/h1-5,7,9-11,18H,6,8H2,(H,26,27)/t18-/m0/s1. The number of rotatable bonds is 3. The molecule has 9 nitrogen and oxygen atoms in total. The van der Waals surface area contributed by atoms with Crippen LogP contribution in [0.3, 0.4) is 0 Å². The van der Waals surface area contributed by atoms with Crippen LogP contribution in [0.15, 0.2) is 59.5 Å². The summed E-state index contributed by atoms with van der Waals surface area (Å²) in [6, 6.07) is 8.73. The molecule has 0 fully saturated rings. The van der Waals surface area contributed by atoms with Gasteiger partial charge in [-0.15, -0.1) is 5.10 Å². The first-order valence-electron chi connectivity index (χ1n) is 10.1. The second-order valence-corrected chi connectivity index (χ2v) is 7.56. The minimum Gasteiger partial charge on any atom is -0.403 e. The molecule has 0 aliphatic carbocycles. The molecule has 0 bridgehead atoms. The van der Waals surface area contributed by atoms with E-state index in [0.29, 0.717) is 41.3 Å². The fraction of sp³-hybridized carbons (Fsp3) is 0.190. The van der Waals surface area contributed by atoms with Crippen molar-refractivity contribution in [1.29, 1.82) is 0 Å². The zero-order valence-electron chi connectivity index (χ0n) is 16.9. The summed E-state index contributed by atoms with van der Waals surface area (Å²) < 4.78 is 47.4. The molecular weight excluding hydrogens is 437 g/mol. The summed E-state index contributed by atoms with van der Waals surface area (Å²) in [4.78, 5) is 13.4. The molecule has 0 spiro atoms. The van der Waals surface area contributed by atoms with Crippen LogP contribution in [0, 0.1) is 0 Å². The summed E-state index contributed by atoms with van der Waals surface area (Å²) in [5.41, 5.74) is 2.06. The normalized spacial score (nSPS) is 16.3. The number of imidazole rings is 1. The van der Waals surface area contributed by atoms with Gasteiger partial charge < -0.3 is 14.3 Å². The molecule has 0 saturated carbocycles. The van der Waals surface area contributed by atoms with Gasteiger partial charge in [0.05, 0.1) is 28.8 Å². The largest absolute Gasteiger partial charge is 0.433 e. The molecule has 5 aromatic heterocycles. The molecule has 6 heterocycles. The second-order valence-electron chi connectivity index (χ2n) is 7.56. The predicted molar refractivity (Wildman–Crippen MR) is 109 cm³/mol. The molecule has 12 heteroatoms. The first kappa shape index (κ1) is 19.5. The molecule has 6 rings (SSSR count). The SMILES string of the molecule is FC(F)(F)c1cccc2cc([C@H]3c4nc[nH]c4CCN3c3nnc(-c4cccnc4)o3)nn12. The predicted octanol–water partition coefficient (Wildman–Crippen LogP) is 3.67. The Morgan fingerprint density at radius 1 is 1.12 bits per heavy atom. The summed E-state index contributed by atoms with van der Waals surface area (Å²) in [5, 5.41) is 12.6. The Morgan fingerprint density at radius 2 is 2.03 bits per heavy atom. The Morgan fingerprint density at radius 3 is 2.85 bits per heavy atom. The highest BCUT2D eigenvalue weighted by Gasteiger charge is 2.38. The fourth-order valence-corrected chi connectivity index (χ4v) is 4.10. The number of H-pyrrole nitrogens is 1. The third-order valence-corrected chi connectivity index (χ3v) is 5.57. The maximum absolute atomic E-state index is 13.5. The van der Waals surface area contributed by atoms with E-state index >= 15 is 0 Å². The van der Waals surface area contributed by atoms with E-state index < -0.39 is 17.9 Å². The van der Waals surface area contributed by atoms with Crippen LogP contribution in [-0.4, -0.2) is 41.3 Å². The smallest absolute Gasteiger partial charge is 0.403 e. The summed E-state index contributed by atoms with van der Waals surface area (Å²) >= 11 is 0. The molecule has 1 atom stereocenters. The van der Waals surface area contributed by atoms with Crippen molar-refractivity contribution in [1.82, 2.24) is 34.8 Å². The van der Waals surface area contributed by atoms with Gasteiger partial charge in [0.1, 0.15) is 11.7 Å². The van der Waals surface area contributed by atoms with Crippen molar-refractivity contribution in [3.05, 3.63) is 77.9 Å². The maximum atomic E-state index is 13.5. The van der Waals surface area contributed by atoms with E-state index in [2.05, 4.69) is 30.2 Å². The second kappa shape index (κ2) is 7.15. The number of aromatic amines is 1. The Labute approximate surface area is 183 Å². The maximum Gasteiger partial charge on any atom is 0.433 e. The van der Waals surface area contributed by atoms with Crippen LogP contribution in [-0.2, 0) is 12.6 Å². The quantitative estimate of drug-likeness (QED) is 0.446. The van der Waals surface area contributed by atoms with Crippen molar-refractivity contribution in [3.8, 4) is 11.5 Å². The number of fused-ring (bicyclic) bond motifs is 2. The van der Waals surface area contributed by atoms with Gasteiger partial charge in [-0.1, -0.05) is 11.2 Å². The van der Waals surface area contributed by atoms with E-state index in [4.69, 9.17) is 4.42 Å². The molecule has 0 saturated heterocycles. The van der Waals surface area contributed by atoms with Crippen molar-refractivity contribution in [2.24, 2.45) is 0 Å². The topological polar surface area (TPSA) is 101 Å². The number of nitrogens with one attached hydrogen (secondary N) is 1. The summed E-state index contributed by atoms with van der Waals surface area (Å²) in [6.07, 6.45) is 0.888. The molecule has 33 heavy (non-hydrogen) atoms. The number of aromatic nitrogens is 7. The van der Waals surface area contributed by atoms with Gasteiger partial charge in [0.15, 0.2) is 0 Å². The van der Waals surface area contributed by atoms with Gasteiger partial charge in [0.25, 0.3) is 5.89 Å². The minimum absolute atomic E-state index is 0.223. The Bertz CT molecular complexity index is 1440. The van der Waals surface area contributed by atoms with E-state index in [9.17, 15) is 13.2 Å². The van der Waals surface area contributed by atoms with Crippen LogP contribution in [0.25, 0.3) is 17.0 Å². The van der Waals surface area contributed by atoms with Crippen molar-refractivity contribution < 1.29 is 17.6 Å². The third-order valence-electron chi connectivity index (χ3n) is 5.57. The lowest BCUT2D eigenvalue weighted by molar-refractivity contribution is -0.142. The molecule has 0 aromatic carbocycles. The van der Waals surface area contributed by atoms with Crippen molar-refractivity contribution in [3.63, 3.8) is 0 Å². The first-order valence-corrected chi connectivity index (χ1v) is 10.1. The fourth-order valence-electron chi connectivity index (χ4n) is 4.10. The third kappa shape index (κ3) is 3.22. The Hall–Kier alpha value is -4.22. The number of hydrogen-bond acceptors (Lipinski definition) is 7. The molecule has 0 unspecified atom stereocenters. The van der Waals surface area contributed by atoms with Crippen LogP contribution in [0.4, 0.5) is 19.2 Å². The molecule has 0 amide bonds. The van der Waals surface area contributed by atoms with E-state index in [1.807, 2.05) is 4.90 Å². The zero-order chi connectivity index (χ0) is 22.6. The average molecular weight is 452 g/mol. The number of hydrogen-bond donors (Lipinski definition) is 1. The molecule has 5 aromatic rings. The highest BCUT2D eigenvalue weighted by atomic mass is 19.4. The number of halogens is 3. The molecule has 1 aliphatic rings. The lowest BCUT2D eigenvalue weighted by Gasteiger charge is -2.32. The lowest BCUT2D eigenvalue weighted by Crippen LogP contribution is -2.37. The monoisotopic (exact) mass is 452 g/mol. The highest BCUT2D eigenvalue weighted by molar-refractivity contribution is 5.55. The Kier molecular flexibility index (Phi) is 4.22. The molecule has 1 aliphatic heterocycles. The molecule has 1 N–H and O–H groups in total. The van der Waals surface area contributed by atoms with Crippen LogP contribution in [0.5, 0.6) is 0 Å². The van der Waals surface area contributed by atoms with Crippen LogP contribution < -0.4 is 4.90 Å². The van der Waals surface area contributed by atoms with Crippen molar-refractivity contribution >= 4 is 11.5 Å². The Balaban J connectivity index is 1.47. The van der Waals surface area contributed by atoms with Crippen LogP contribution in [0.1, 0.15) is 28.8 Å². The van der Waals surface area contributed by atoms with E-state index in [1.54, 1.807) is 43.0 Å². The van der Waals surface area contributed by atoms with Gasteiger partial charge in [-0.05, 0) is 30.3 Å². The molecule has 0 radical (unpaired) electrons.